The second-order valence-corrected chi connectivity index (χ2v) is 5.39. The van der Waals surface area contributed by atoms with Gasteiger partial charge in [0.15, 0.2) is 0 Å². The first kappa shape index (κ1) is 13.3. The van der Waals surface area contributed by atoms with Crippen molar-refractivity contribution in [3.63, 3.8) is 0 Å². The largest absolute Gasteiger partial charge is 0.383 e. The summed E-state index contributed by atoms with van der Waals surface area (Å²) in [6.07, 6.45) is 9.01. The summed E-state index contributed by atoms with van der Waals surface area (Å²) in [6.45, 7) is 2.05. The van der Waals surface area contributed by atoms with Crippen molar-refractivity contribution in [2.24, 2.45) is 5.92 Å². The third-order valence-electron chi connectivity index (χ3n) is 2.97. The lowest BCUT2D eigenvalue weighted by Gasteiger charge is -2.16. The highest BCUT2D eigenvalue weighted by atomic mass is 32.2. The van der Waals surface area contributed by atoms with Crippen LogP contribution in [0.25, 0.3) is 0 Å². The molecule has 0 aliphatic heterocycles. The summed E-state index contributed by atoms with van der Waals surface area (Å²) in [5, 5.41) is 3.63. The van der Waals surface area contributed by atoms with Crippen molar-refractivity contribution in [3.05, 3.63) is 0 Å². The Balaban J connectivity index is 1.92. The van der Waals surface area contributed by atoms with Gasteiger partial charge in [-0.3, -0.25) is 0 Å². The van der Waals surface area contributed by atoms with Gasteiger partial charge in [0.25, 0.3) is 0 Å². The fraction of sp³-hybridized carbons (Fsp3) is 1.00. The molecule has 0 aromatic carbocycles. The Bertz CT molecular complexity index is 151. The van der Waals surface area contributed by atoms with Crippen LogP contribution in [0.15, 0.2) is 0 Å². The molecule has 1 N–H and O–H groups in total. The summed E-state index contributed by atoms with van der Waals surface area (Å²) in [5.41, 5.74) is 0. The van der Waals surface area contributed by atoms with E-state index in [0.717, 1.165) is 12.5 Å². The Morgan fingerprint density at radius 2 is 2.13 bits per heavy atom. The number of rotatable bonds is 10. The van der Waals surface area contributed by atoms with E-state index >= 15 is 0 Å². The molecule has 15 heavy (non-hydrogen) atoms. The number of unbranched alkanes of at least 4 members (excludes halogenated alkanes) is 2. The van der Waals surface area contributed by atoms with E-state index in [1.54, 1.807) is 7.11 Å². The van der Waals surface area contributed by atoms with Gasteiger partial charge in [-0.2, -0.15) is 11.8 Å². The van der Waals surface area contributed by atoms with Crippen LogP contribution in [0.4, 0.5) is 0 Å². The zero-order valence-electron chi connectivity index (χ0n) is 10.1. The maximum atomic E-state index is 5.24. The monoisotopic (exact) mass is 231 g/mol. The molecule has 0 heterocycles. The van der Waals surface area contributed by atoms with Crippen LogP contribution in [0.1, 0.15) is 32.1 Å². The lowest BCUT2D eigenvalue weighted by Crippen LogP contribution is -2.35. The van der Waals surface area contributed by atoms with Gasteiger partial charge in [-0.1, -0.05) is 6.42 Å². The predicted molar refractivity (Wildman–Crippen MR) is 68.6 cm³/mol. The highest BCUT2D eigenvalue weighted by Gasteiger charge is 2.30. The molecule has 0 bridgehead atoms. The summed E-state index contributed by atoms with van der Waals surface area (Å²) in [7, 11) is 1.80. The molecule has 2 nitrogen and oxygen atoms in total. The summed E-state index contributed by atoms with van der Waals surface area (Å²) < 4.78 is 5.24. The number of nitrogens with one attached hydrogen (secondary N) is 1. The first-order valence-electron chi connectivity index (χ1n) is 6.09. The van der Waals surface area contributed by atoms with Crippen LogP contribution in [0.3, 0.4) is 0 Å². The summed E-state index contributed by atoms with van der Waals surface area (Å²) in [4.78, 5) is 0. The normalized spacial score (nSPS) is 18.0. The SMILES string of the molecule is COCC(NCCCCCSC)C1CC1. The van der Waals surface area contributed by atoms with E-state index < -0.39 is 0 Å². The third-order valence-corrected chi connectivity index (χ3v) is 3.67. The molecule has 1 aliphatic rings. The molecule has 1 fully saturated rings. The quantitative estimate of drug-likeness (QED) is 0.584. The maximum absolute atomic E-state index is 5.24. The second kappa shape index (κ2) is 8.43. The van der Waals surface area contributed by atoms with Gasteiger partial charge in [0.05, 0.1) is 6.61 Å². The number of hydrogen-bond acceptors (Lipinski definition) is 3. The first-order chi connectivity index (χ1) is 7.38. The van der Waals surface area contributed by atoms with Gasteiger partial charge in [0.1, 0.15) is 0 Å². The van der Waals surface area contributed by atoms with E-state index in [9.17, 15) is 0 Å². The molecular weight excluding hydrogens is 206 g/mol. The van der Waals surface area contributed by atoms with Gasteiger partial charge < -0.3 is 10.1 Å². The minimum absolute atomic E-state index is 0.621. The molecule has 1 unspecified atom stereocenters. The highest BCUT2D eigenvalue weighted by molar-refractivity contribution is 7.98. The van der Waals surface area contributed by atoms with Crippen LogP contribution < -0.4 is 5.32 Å². The highest BCUT2D eigenvalue weighted by Crippen LogP contribution is 2.32. The molecule has 1 rings (SSSR count). The van der Waals surface area contributed by atoms with Gasteiger partial charge >= 0.3 is 0 Å². The number of hydrogen-bond donors (Lipinski definition) is 1. The molecule has 1 atom stereocenters. The van der Waals surface area contributed by atoms with Crippen molar-refractivity contribution in [2.45, 2.75) is 38.1 Å². The molecule has 3 heteroatoms. The van der Waals surface area contributed by atoms with E-state index in [1.807, 2.05) is 11.8 Å². The molecule has 0 saturated heterocycles. The Kier molecular flexibility index (Phi) is 7.49. The Morgan fingerprint density at radius 3 is 2.73 bits per heavy atom. The average Bonchev–Trinajstić information content (AvgIpc) is 3.05. The number of thioether (sulfide) groups is 1. The van der Waals surface area contributed by atoms with Gasteiger partial charge in [0, 0.05) is 13.2 Å². The topological polar surface area (TPSA) is 21.3 Å². The number of ether oxygens (including phenoxy) is 1. The molecule has 1 saturated carbocycles. The molecular formula is C12H25NOS. The van der Waals surface area contributed by atoms with Gasteiger partial charge in [-0.25, -0.2) is 0 Å². The van der Waals surface area contributed by atoms with E-state index in [2.05, 4.69) is 11.6 Å². The van der Waals surface area contributed by atoms with Gasteiger partial charge in [0.2, 0.25) is 0 Å². The smallest absolute Gasteiger partial charge is 0.0618 e. The van der Waals surface area contributed by atoms with Crippen molar-refractivity contribution < 1.29 is 4.74 Å². The third kappa shape index (κ3) is 6.44. The van der Waals surface area contributed by atoms with E-state index in [4.69, 9.17) is 4.74 Å². The molecule has 0 aromatic rings. The van der Waals surface area contributed by atoms with E-state index in [0.29, 0.717) is 6.04 Å². The zero-order chi connectivity index (χ0) is 10.9. The molecule has 1 aliphatic carbocycles. The van der Waals surface area contributed by atoms with Crippen LogP contribution >= 0.6 is 11.8 Å². The molecule has 0 radical (unpaired) electrons. The standard InChI is InChI=1S/C12H25NOS/c1-14-10-12(11-6-7-11)13-8-4-3-5-9-15-2/h11-13H,3-10H2,1-2H3. The lowest BCUT2D eigenvalue weighted by molar-refractivity contribution is 0.157. The van der Waals surface area contributed by atoms with Crippen LogP contribution in [0.5, 0.6) is 0 Å². The van der Waals surface area contributed by atoms with Crippen molar-refractivity contribution in [3.8, 4) is 0 Å². The Hall–Kier alpha value is 0.270. The lowest BCUT2D eigenvalue weighted by atomic mass is 10.2. The maximum Gasteiger partial charge on any atom is 0.0618 e. The molecule has 90 valence electrons. The minimum atomic E-state index is 0.621. The van der Waals surface area contributed by atoms with E-state index in [-0.39, 0.29) is 0 Å². The van der Waals surface area contributed by atoms with Crippen LogP contribution in [-0.2, 0) is 4.74 Å². The fourth-order valence-corrected chi connectivity index (χ4v) is 2.37. The van der Waals surface area contributed by atoms with Crippen LogP contribution in [0.2, 0.25) is 0 Å². The second-order valence-electron chi connectivity index (χ2n) is 4.41. The Labute approximate surface area is 98.5 Å². The molecule has 0 amide bonds. The fourth-order valence-electron chi connectivity index (χ4n) is 1.88. The minimum Gasteiger partial charge on any atom is -0.383 e. The summed E-state index contributed by atoms with van der Waals surface area (Å²) >= 11 is 1.95. The first-order valence-corrected chi connectivity index (χ1v) is 7.49. The summed E-state index contributed by atoms with van der Waals surface area (Å²) in [5.74, 6) is 2.21. The molecule has 0 spiro atoms. The summed E-state index contributed by atoms with van der Waals surface area (Å²) in [6, 6.07) is 0.621. The van der Waals surface area contributed by atoms with Crippen molar-refractivity contribution in [1.29, 1.82) is 0 Å². The van der Waals surface area contributed by atoms with Crippen LogP contribution in [-0.4, -0.2) is 38.3 Å². The van der Waals surface area contributed by atoms with Gasteiger partial charge in [-0.05, 0) is 50.2 Å². The van der Waals surface area contributed by atoms with Crippen molar-refractivity contribution in [2.75, 3.05) is 32.3 Å². The Morgan fingerprint density at radius 1 is 1.33 bits per heavy atom. The predicted octanol–water partition coefficient (Wildman–Crippen LogP) is 2.53. The zero-order valence-corrected chi connectivity index (χ0v) is 10.9. The van der Waals surface area contributed by atoms with Crippen molar-refractivity contribution >= 4 is 11.8 Å². The molecule has 0 aromatic heterocycles. The van der Waals surface area contributed by atoms with Gasteiger partial charge in [-0.15, -0.1) is 0 Å². The van der Waals surface area contributed by atoms with Crippen LogP contribution in [0, 0.1) is 5.92 Å². The van der Waals surface area contributed by atoms with E-state index in [1.165, 1.54) is 44.4 Å². The number of methoxy groups -OCH3 is 1. The van der Waals surface area contributed by atoms with Crippen molar-refractivity contribution in [1.82, 2.24) is 5.32 Å². The average molecular weight is 231 g/mol.